The summed E-state index contributed by atoms with van der Waals surface area (Å²) in [5.74, 6) is -0.200. The molecule has 0 aromatic heterocycles. The van der Waals surface area contributed by atoms with Gasteiger partial charge in [-0.3, -0.25) is 0 Å². The predicted molar refractivity (Wildman–Crippen MR) is 86.0 cm³/mol. The zero-order valence-corrected chi connectivity index (χ0v) is 13.9. The summed E-state index contributed by atoms with van der Waals surface area (Å²) in [7, 11) is 0. The Morgan fingerprint density at radius 2 is 1.91 bits per heavy atom. The number of esters is 2. The van der Waals surface area contributed by atoms with Gasteiger partial charge in [0.15, 0.2) is 0 Å². The Morgan fingerprint density at radius 1 is 1.23 bits per heavy atom. The van der Waals surface area contributed by atoms with E-state index in [9.17, 15) is 9.59 Å². The highest BCUT2D eigenvalue weighted by atomic mass is 35.5. The van der Waals surface area contributed by atoms with Crippen LogP contribution in [0.4, 0.5) is 0 Å². The van der Waals surface area contributed by atoms with Crippen molar-refractivity contribution >= 4 is 23.5 Å². The van der Waals surface area contributed by atoms with Crippen molar-refractivity contribution < 1.29 is 19.1 Å². The maximum Gasteiger partial charge on any atom is 0.336 e. The summed E-state index contributed by atoms with van der Waals surface area (Å²) in [5, 5.41) is 0.567. The average molecular weight is 325 g/mol. The van der Waals surface area contributed by atoms with Gasteiger partial charge in [0.05, 0.1) is 6.61 Å². The monoisotopic (exact) mass is 324 g/mol. The minimum Gasteiger partial charge on any atom is -0.463 e. The number of hydrogen-bond donors (Lipinski definition) is 0. The lowest BCUT2D eigenvalue weighted by molar-refractivity contribution is -0.138. The van der Waals surface area contributed by atoms with Crippen LogP contribution in [0.25, 0.3) is 0 Å². The zero-order chi connectivity index (χ0) is 16.5. The zero-order valence-electron chi connectivity index (χ0n) is 13.1. The number of aryl methyl sites for hydroxylation is 1. The molecule has 0 atom stereocenters. The Morgan fingerprint density at radius 3 is 2.55 bits per heavy atom. The summed E-state index contributed by atoms with van der Waals surface area (Å²) in [6, 6.07) is 4.92. The van der Waals surface area contributed by atoms with Crippen molar-refractivity contribution in [3.8, 4) is 5.75 Å². The van der Waals surface area contributed by atoms with Gasteiger partial charge in [0.2, 0.25) is 0 Å². The van der Waals surface area contributed by atoms with Gasteiger partial charge in [-0.2, -0.15) is 0 Å². The van der Waals surface area contributed by atoms with Crippen LogP contribution in [0.3, 0.4) is 0 Å². The van der Waals surface area contributed by atoms with Crippen LogP contribution in [0.15, 0.2) is 30.4 Å². The fourth-order valence-electron chi connectivity index (χ4n) is 1.72. The summed E-state index contributed by atoms with van der Waals surface area (Å²) >= 11 is 5.82. The summed E-state index contributed by atoms with van der Waals surface area (Å²) in [6.07, 6.45) is 3.93. The first kappa shape index (κ1) is 18.2. The molecule has 0 fully saturated rings. The second-order valence-electron chi connectivity index (χ2n) is 5.37. The van der Waals surface area contributed by atoms with Crippen molar-refractivity contribution in [3.05, 3.63) is 40.9 Å². The molecule has 0 N–H and O–H groups in total. The third-order valence-corrected chi connectivity index (χ3v) is 3.11. The van der Waals surface area contributed by atoms with E-state index in [-0.39, 0.29) is 0 Å². The smallest absolute Gasteiger partial charge is 0.336 e. The molecule has 0 saturated heterocycles. The van der Waals surface area contributed by atoms with Gasteiger partial charge in [-0.25, -0.2) is 9.59 Å². The van der Waals surface area contributed by atoms with Crippen LogP contribution < -0.4 is 4.74 Å². The summed E-state index contributed by atoms with van der Waals surface area (Å²) in [4.78, 5) is 23.0. The second kappa shape index (κ2) is 9.26. The molecule has 0 heterocycles. The molecule has 120 valence electrons. The number of carbonyl (C=O) groups is 2. The summed E-state index contributed by atoms with van der Waals surface area (Å²) in [5.41, 5.74) is 0.741. The van der Waals surface area contributed by atoms with Crippen molar-refractivity contribution in [2.45, 2.75) is 33.6 Å². The number of carbonyl (C=O) groups excluding carboxylic acids is 2. The lowest BCUT2D eigenvalue weighted by Gasteiger charge is -2.05. The number of ether oxygens (including phenoxy) is 2. The molecular formula is C17H21ClO4. The molecule has 22 heavy (non-hydrogen) atoms. The first-order valence-electron chi connectivity index (χ1n) is 7.21. The van der Waals surface area contributed by atoms with Gasteiger partial charge in [-0.15, -0.1) is 0 Å². The highest BCUT2D eigenvalue weighted by molar-refractivity contribution is 6.30. The normalized spacial score (nSPS) is 11.0. The van der Waals surface area contributed by atoms with Crippen LogP contribution in [0.1, 0.15) is 32.3 Å². The van der Waals surface area contributed by atoms with Crippen LogP contribution in [-0.4, -0.2) is 18.5 Å². The molecule has 0 radical (unpaired) electrons. The van der Waals surface area contributed by atoms with Crippen molar-refractivity contribution in [1.29, 1.82) is 0 Å². The molecule has 0 bridgehead atoms. The fourth-order valence-corrected chi connectivity index (χ4v) is 1.94. The molecule has 0 aliphatic heterocycles. The van der Waals surface area contributed by atoms with Gasteiger partial charge in [-0.1, -0.05) is 25.4 Å². The molecule has 0 amide bonds. The number of halogens is 1. The van der Waals surface area contributed by atoms with E-state index in [1.807, 2.05) is 0 Å². The van der Waals surface area contributed by atoms with Gasteiger partial charge in [0.1, 0.15) is 5.75 Å². The van der Waals surface area contributed by atoms with E-state index in [1.54, 1.807) is 25.1 Å². The molecule has 0 spiro atoms. The van der Waals surface area contributed by atoms with Gasteiger partial charge in [0, 0.05) is 17.2 Å². The SMILES string of the molecule is Cc1cc(Cl)ccc1OC(=O)/C=C/C(=O)OCCCC(C)C. The molecule has 5 heteroatoms. The molecule has 4 nitrogen and oxygen atoms in total. The fraction of sp³-hybridized carbons (Fsp3) is 0.412. The summed E-state index contributed by atoms with van der Waals surface area (Å²) in [6.45, 7) is 6.35. The highest BCUT2D eigenvalue weighted by Gasteiger charge is 2.06. The van der Waals surface area contributed by atoms with E-state index < -0.39 is 11.9 Å². The standard InChI is InChI=1S/C17H21ClO4/c1-12(2)5-4-10-21-16(19)8-9-17(20)22-15-7-6-14(18)11-13(15)3/h6-9,11-12H,4-5,10H2,1-3H3/b9-8+. The maximum absolute atomic E-state index is 11.6. The maximum atomic E-state index is 11.6. The lowest BCUT2D eigenvalue weighted by Crippen LogP contribution is -2.08. The molecular weight excluding hydrogens is 304 g/mol. The Hall–Kier alpha value is -1.81. The second-order valence-corrected chi connectivity index (χ2v) is 5.80. The molecule has 1 aromatic carbocycles. The van der Waals surface area contributed by atoms with Gasteiger partial charge >= 0.3 is 11.9 Å². The van der Waals surface area contributed by atoms with E-state index in [0.717, 1.165) is 30.6 Å². The topological polar surface area (TPSA) is 52.6 Å². The quantitative estimate of drug-likeness (QED) is 0.328. The van der Waals surface area contributed by atoms with Crippen LogP contribution in [0, 0.1) is 12.8 Å². The number of benzene rings is 1. The average Bonchev–Trinajstić information content (AvgIpc) is 2.44. The Labute approximate surface area is 136 Å². The van der Waals surface area contributed by atoms with Gasteiger partial charge in [0.25, 0.3) is 0 Å². The van der Waals surface area contributed by atoms with E-state index in [1.165, 1.54) is 0 Å². The Bertz CT molecular complexity index is 550. The third-order valence-electron chi connectivity index (χ3n) is 2.87. The predicted octanol–water partition coefficient (Wildman–Crippen LogP) is 4.09. The Balaban J connectivity index is 2.39. The van der Waals surface area contributed by atoms with E-state index in [4.69, 9.17) is 21.1 Å². The van der Waals surface area contributed by atoms with Crippen LogP contribution in [0.2, 0.25) is 5.02 Å². The van der Waals surface area contributed by atoms with Gasteiger partial charge in [-0.05, 0) is 49.4 Å². The van der Waals surface area contributed by atoms with E-state index in [2.05, 4.69) is 13.8 Å². The molecule has 1 rings (SSSR count). The largest absolute Gasteiger partial charge is 0.463 e. The van der Waals surface area contributed by atoms with E-state index >= 15 is 0 Å². The minimum atomic E-state index is -0.635. The van der Waals surface area contributed by atoms with E-state index in [0.29, 0.717) is 23.3 Å². The highest BCUT2D eigenvalue weighted by Crippen LogP contribution is 2.21. The van der Waals surface area contributed by atoms with Gasteiger partial charge < -0.3 is 9.47 Å². The molecule has 0 saturated carbocycles. The van der Waals surface area contributed by atoms with Crippen molar-refractivity contribution in [3.63, 3.8) is 0 Å². The molecule has 0 unspecified atom stereocenters. The molecule has 0 aliphatic rings. The molecule has 1 aromatic rings. The first-order chi connectivity index (χ1) is 10.4. The summed E-state index contributed by atoms with van der Waals surface area (Å²) < 4.78 is 10.1. The van der Waals surface area contributed by atoms with Crippen LogP contribution in [-0.2, 0) is 14.3 Å². The molecule has 0 aliphatic carbocycles. The van der Waals surface area contributed by atoms with Crippen molar-refractivity contribution in [2.24, 2.45) is 5.92 Å². The number of rotatable bonds is 7. The third kappa shape index (κ3) is 7.27. The minimum absolute atomic E-state index is 0.354. The Kier molecular flexibility index (Phi) is 7.67. The van der Waals surface area contributed by atoms with Crippen LogP contribution in [0.5, 0.6) is 5.75 Å². The first-order valence-corrected chi connectivity index (χ1v) is 7.59. The van der Waals surface area contributed by atoms with Crippen molar-refractivity contribution in [2.75, 3.05) is 6.61 Å². The van der Waals surface area contributed by atoms with Crippen LogP contribution >= 0.6 is 11.6 Å². The number of hydrogen-bond acceptors (Lipinski definition) is 4. The lowest BCUT2D eigenvalue weighted by atomic mass is 10.1. The van der Waals surface area contributed by atoms with Crippen molar-refractivity contribution in [1.82, 2.24) is 0 Å².